The predicted octanol–water partition coefficient (Wildman–Crippen LogP) is 19.4. The van der Waals surface area contributed by atoms with Gasteiger partial charge in [0.2, 0.25) is 17.7 Å². The minimum atomic E-state index is -1.00. The van der Waals surface area contributed by atoms with Gasteiger partial charge in [0, 0.05) is 115 Å². The number of nitrogens with zero attached hydrogens (tertiary/aromatic N) is 2. The van der Waals surface area contributed by atoms with Gasteiger partial charge in [-0.15, -0.1) is 0 Å². The molecule has 10 rings (SSSR count). The average molecular weight is 1720 g/mol. The molecular formula is C95H120Cl4N10O11. The summed E-state index contributed by atoms with van der Waals surface area (Å²) in [6.07, 6.45) is 18.4. The van der Waals surface area contributed by atoms with Gasteiger partial charge in [-0.05, 0) is 175 Å². The molecule has 8 aromatic rings. The van der Waals surface area contributed by atoms with Crippen molar-refractivity contribution in [3.63, 3.8) is 0 Å². The van der Waals surface area contributed by atoms with Gasteiger partial charge in [0.15, 0.2) is 17.3 Å². The maximum Gasteiger partial charge on any atom is 0.306 e. The van der Waals surface area contributed by atoms with Crippen LogP contribution in [0.15, 0.2) is 139 Å². The topological polar surface area (TPSA) is 334 Å². The highest BCUT2D eigenvalue weighted by Gasteiger charge is 2.31. The molecule has 21 nitrogen and oxygen atoms in total. The molecule has 0 saturated carbocycles. The number of carboxylic acid groups (broad SMARTS) is 1. The number of H-pyrrole nitrogens is 2. The van der Waals surface area contributed by atoms with Crippen LogP contribution in [0.3, 0.4) is 0 Å². The molecule has 10 N–H and O–H groups in total. The van der Waals surface area contributed by atoms with Crippen LogP contribution in [0.5, 0.6) is 0 Å². The molecule has 0 fully saturated rings. The Morgan fingerprint density at radius 3 is 1.86 bits per heavy atom. The van der Waals surface area contributed by atoms with E-state index in [1.807, 2.05) is 77.9 Å². The summed E-state index contributed by atoms with van der Waals surface area (Å²) in [5.41, 5.74) is 18.8. The number of unbranched alkanes of at least 4 members (excludes halogenated alkanes) is 6. The van der Waals surface area contributed by atoms with Gasteiger partial charge in [-0.1, -0.05) is 208 Å². The molecule has 0 spiro atoms. The number of aromatic amines is 2. The molecule has 3 heterocycles. The summed E-state index contributed by atoms with van der Waals surface area (Å²) < 4.78 is 0. The minimum absolute atomic E-state index is 0. The largest absolute Gasteiger partial charge is 0.481 e. The van der Waals surface area contributed by atoms with E-state index in [0.29, 0.717) is 61.7 Å². The smallest absolute Gasteiger partial charge is 0.306 e. The molecule has 1 aliphatic carbocycles. The summed E-state index contributed by atoms with van der Waals surface area (Å²) in [4.78, 5) is 142. The lowest BCUT2D eigenvalue weighted by atomic mass is 9.85. The highest BCUT2D eigenvalue weighted by atomic mass is 35.5. The average Bonchev–Trinajstić information content (AvgIpc) is 1.66. The van der Waals surface area contributed by atoms with Crippen LogP contribution in [0.2, 0.25) is 20.1 Å². The Morgan fingerprint density at radius 2 is 1.21 bits per heavy atom. The first-order valence-corrected chi connectivity index (χ1v) is 43.3. The summed E-state index contributed by atoms with van der Waals surface area (Å²) in [6, 6.07) is 37.0. The number of rotatable bonds is 45. The number of anilines is 1. The van der Waals surface area contributed by atoms with Crippen molar-refractivity contribution < 1.29 is 53.1 Å². The van der Waals surface area contributed by atoms with Crippen LogP contribution in [0, 0.1) is 41.4 Å². The van der Waals surface area contributed by atoms with E-state index in [1.54, 1.807) is 12.1 Å². The third-order valence-electron chi connectivity index (χ3n) is 21.8. The quantitative estimate of drug-likeness (QED) is 0.0161. The number of aromatic nitrogens is 3. The fourth-order valence-electron chi connectivity index (χ4n) is 14.9. The number of nitrogens with one attached hydrogen (secondary N) is 7. The number of carbonyl (C=O) groups is 10. The molecule has 1 aliphatic heterocycles. The van der Waals surface area contributed by atoms with Crippen LogP contribution in [-0.2, 0) is 70.5 Å². The lowest BCUT2D eigenvalue weighted by Crippen LogP contribution is -2.45. The van der Waals surface area contributed by atoms with Gasteiger partial charge in [0.1, 0.15) is 11.6 Å². The monoisotopic (exact) mass is 1720 g/mol. The Labute approximate surface area is 726 Å². The van der Waals surface area contributed by atoms with Crippen molar-refractivity contribution in [3.8, 4) is 0 Å². The SMILES string of the molecule is C.CC(C)C[C@H](CC(=O)CNC(=O)c1cc(Cl)ccc1Cl)C(=O)O.CC[C@@H](C)[C@H](NC(=O)CCCCCCNC(=O)[C@@H](CC(=O)CNC(=O)c1cc(Cl)ccc1Cl)CC(C)C)C(=O)Cc1ccc2nc(CC3=CCc4ccccc43)[nH]c2c1.CC[C@H](C)[C@H](CC(=O)CCCCCCN)C(=O)Nc1ccc2c(c1)N=C(Cc1c[nH]c3ccccc13)C2. The Kier molecular flexibility index (Phi) is 40.1. The number of ketones is 4. The van der Waals surface area contributed by atoms with Crippen LogP contribution in [0.25, 0.3) is 27.5 Å². The van der Waals surface area contributed by atoms with Gasteiger partial charge in [-0.3, -0.25) is 52.9 Å². The first-order chi connectivity index (χ1) is 57.0. The van der Waals surface area contributed by atoms with Gasteiger partial charge < -0.3 is 47.4 Å². The Bertz CT molecular complexity index is 4910. The Morgan fingerprint density at radius 1 is 0.592 bits per heavy atom. The first-order valence-electron chi connectivity index (χ1n) is 41.8. The summed E-state index contributed by atoms with van der Waals surface area (Å²) in [5.74, 6) is -3.07. The molecule has 6 atom stereocenters. The predicted molar refractivity (Wildman–Crippen MR) is 484 cm³/mol. The molecule has 6 aromatic carbocycles. The number of halogens is 4. The molecule has 0 saturated heterocycles. The zero-order valence-corrected chi connectivity index (χ0v) is 72.7. The zero-order valence-electron chi connectivity index (χ0n) is 69.7. The fraction of sp³-hybridized carbons (Fsp3) is 0.453. The van der Waals surface area contributed by atoms with Crippen LogP contribution in [0.1, 0.15) is 226 Å². The highest BCUT2D eigenvalue weighted by Crippen LogP contribution is 2.35. The van der Waals surface area contributed by atoms with Gasteiger partial charge in [-0.2, -0.15) is 0 Å². The summed E-state index contributed by atoms with van der Waals surface area (Å²) >= 11 is 23.8. The van der Waals surface area contributed by atoms with Crippen LogP contribution in [-0.4, -0.2) is 117 Å². The number of aliphatic carboxylic acids is 1. The number of carboxylic acids is 1. The molecule has 2 aliphatic rings. The second kappa shape index (κ2) is 49.3. The summed E-state index contributed by atoms with van der Waals surface area (Å²) in [7, 11) is 0. The van der Waals surface area contributed by atoms with Gasteiger partial charge >= 0.3 is 5.97 Å². The molecule has 0 radical (unpaired) electrons. The van der Waals surface area contributed by atoms with Crippen molar-refractivity contribution in [1.29, 1.82) is 0 Å². The molecule has 25 heteroatoms. The first kappa shape index (κ1) is 97.5. The van der Waals surface area contributed by atoms with E-state index in [2.05, 4.69) is 111 Å². The Balaban J connectivity index is 0.000000276. The fourth-order valence-corrected chi connectivity index (χ4v) is 15.7. The molecule has 0 bridgehead atoms. The van der Waals surface area contributed by atoms with E-state index >= 15 is 0 Å². The minimum Gasteiger partial charge on any atom is -0.481 e. The second-order valence-corrected chi connectivity index (χ2v) is 34.0. The van der Waals surface area contributed by atoms with Crippen molar-refractivity contribution in [2.45, 2.75) is 210 Å². The van der Waals surface area contributed by atoms with Gasteiger partial charge in [0.25, 0.3) is 11.8 Å². The maximum atomic E-state index is 13.6. The number of hydrogen-bond acceptors (Lipinski definition) is 13. The van der Waals surface area contributed by atoms with Gasteiger partial charge in [-0.25, -0.2) is 4.98 Å². The standard InChI is InChI=1S/C47H57Cl2N5O5.C31H40N4O2.C16H19Cl2NO4.CH4/c1-5-30(4)45(42(56)24-31-15-20-40-41(23-31)53-43(52-40)26-33-17-16-32-12-9-10-13-37(32)33)54-44(57)14-8-6-7-11-21-50-46(58)34(22-29(2)3)25-36(55)28-51-47(59)38-27-35(48)18-19-39(38)49;1-3-21(2)28(19-26(36)10-6-4-5-9-15-32)31(37)35-24-14-13-22-16-25(34-30(22)18-24)17-23-20-33-29-12-8-7-11-27(23)29;1-9(2)5-10(16(22)23)6-12(20)8-19-15(21)13-7-11(17)3-4-14(13)18;/h9-10,12-13,15,17-20,23,27,29-30,34,45H,5-8,11,14,16,21-22,24-26,28H2,1-4H3,(H,50,58)(H,51,59)(H,52,53)(H,54,57);7-8,11-14,18,20-21,28,33H,3-6,9-10,15-17,19,32H2,1-2H3,(H,35,37);3-4,7,9-10H,5-6,8H2,1-2H3,(H,19,21)(H,22,23);1H4/t30-,34-,45+;21-,28-;10-;/m101./s1. The molecular weight excluding hydrogens is 1600 g/mol. The number of allylic oxidation sites excluding steroid dienone is 2. The van der Waals surface area contributed by atoms with Crippen LogP contribution < -0.4 is 32.3 Å². The number of Topliss-reactive ketones (excluding diaryl/α,β-unsaturated/α-hetero) is 4. The zero-order chi connectivity index (χ0) is 86.2. The number of fused-ring (bicyclic) bond motifs is 4. The van der Waals surface area contributed by atoms with Crippen molar-refractivity contribution in [2.24, 2.45) is 52.2 Å². The van der Waals surface area contributed by atoms with Gasteiger partial charge in [0.05, 0.1) is 62.9 Å². The summed E-state index contributed by atoms with van der Waals surface area (Å²) in [6.45, 7) is 16.6. The number of hydrogen-bond donors (Lipinski definition) is 9. The highest BCUT2D eigenvalue weighted by molar-refractivity contribution is 6.36. The van der Waals surface area contributed by atoms with Crippen molar-refractivity contribution in [1.82, 2.24) is 36.2 Å². The molecule has 120 heavy (non-hydrogen) atoms. The van der Waals surface area contributed by atoms with Crippen LogP contribution in [0.4, 0.5) is 11.4 Å². The normalized spacial score (nSPS) is 13.5. The second-order valence-electron chi connectivity index (χ2n) is 32.3. The number of imidazole rings is 1. The third kappa shape index (κ3) is 30.8. The van der Waals surface area contributed by atoms with E-state index in [-0.39, 0.29) is 131 Å². The number of carbonyl (C=O) groups excluding carboxylic acids is 9. The third-order valence-corrected chi connectivity index (χ3v) is 22.9. The molecule has 5 amide bonds. The van der Waals surface area contributed by atoms with Crippen molar-refractivity contribution in [3.05, 3.63) is 198 Å². The Hall–Kier alpha value is -9.64. The number of nitrogens with two attached hydrogens (primary N) is 1. The maximum absolute atomic E-state index is 13.6. The molecule has 0 unspecified atom stereocenters. The van der Waals surface area contributed by atoms with Crippen LogP contribution >= 0.6 is 46.4 Å². The van der Waals surface area contributed by atoms with E-state index in [4.69, 9.17) is 67.2 Å². The lowest BCUT2D eigenvalue weighted by Gasteiger charge is -2.23. The number of aliphatic imine (C=N–C) groups is 1. The summed E-state index contributed by atoms with van der Waals surface area (Å²) in [5, 5.41) is 25.6. The number of para-hydroxylation sites is 1. The molecule has 644 valence electrons. The number of amides is 5. The van der Waals surface area contributed by atoms with E-state index in [1.165, 1.54) is 57.5 Å². The van der Waals surface area contributed by atoms with Crippen molar-refractivity contribution >= 4 is 150 Å². The van der Waals surface area contributed by atoms with E-state index in [0.717, 1.165) is 128 Å². The number of benzene rings is 6. The molecule has 2 aromatic heterocycles. The van der Waals surface area contributed by atoms with E-state index < -0.39 is 35.7 Å². The lowest BCUT2D eigenvalue weighted by molar-refractivity contribution is -0.144. The van der Waals surface area contributed by atoms with Crippen molar-refractivity contribution in [2.75, 3.05) is 31.5 Å². The van der Waals surface area contributed by atoms with E-state index in [9.17, 15) is 47.9 Å².